The molecule has 0 radical (unpaired) electrons. The van der Waals surface area contributed by atoms with Crippen molar-refractivity contribution in [1.82, 2.24) is 0 Å². The van der Waals surface area contributed by atoms with E-state index >= 15 is 0 Å². The molecule has 2 aromatic carbocycles. The van der Waals surface area contributed by atoms with Gasteiger partial charge in [-0.3, -0.25) is 0 Å². The second-order valence-electron chi connectivity index (χ2n) is 7.23. The molecule has 1 aliphatic heterocycles. The Morgan fingerprint density at radius 2 is 1.72 bits per heavy atom. The Labute approximate surface area is 153 Å². The van der Waals surface area contributed by atoms with E-state index in [1.165, 1.54) is 12.1 Å². The Kier molecular flexibility index (Phi) is 4.84. The SMILES string of the molecule is CC1(C)OB(c2cc(F)cc(OCc3cccc(Cl)c3)c2)OC1(C)C. The Bertz CT molecular complexity index is 763. The van der Waals surface area contributed by atoms with Crippen LogP contribution in [-0.2, 0) is 15.9 Å². The Morgan fingerprint density at radius 3 is 2.36 bits per heavy atom. The van der Waals surface area contributed by atoms with Gasteiger partial charge in [0.05, 0.1) is 11.2 Å². The molecule has 0 saturated carbocycles. The first-order valence-corrected chi connectivity index (χ1v) is 8.57. The molecule has 0 N–H and O–H groups in total. The van der Waals surface area contributed by atoms with E-state index in [-0.39, 0.29) is 0 Å². The lowest BCUT2D eigenvalue weighted by Gasteiger charge is -2.32. The maximum atomic E-state index is 14.0. The standard InChI is InChI=1S/C19H21BClFO3/c1-18(2)19(3,4)25-20(24-18)14-9-16(22)11-17(10-14)23-12-13-6-5-7-15(21)8-13/h5-11H,12H2,1-4H3. The smallest absolute Gasteiger partial charge is 0.489 e. The maximum absolute atomic E-state index is 14.0. The van der Waals surface area contributed by atoms with Crippen molar-refractivity contribution < 1.29 is 18.4 Å². The number of benzene rings is 2. The highest BCUT2D eigenvalue weighted by Crippen LogP contribution is 2.36. The van der Waals surface area contributed by atoms with Gasteiger partial charge in [0, 0.05) is 11.1 Å². The van der Waals surface area contributed by atoms with Gasteiger partial charge in [-0.2, -0.15) is 0 Å². The lowest BCUT2D eigenvalue weighted by molar-refractivity contribution is 0.00578. The summed E-state index contributed by atoms with van der Waals surface area (Å²) in [7, 11) is -0.630. The lowest BCUT2D eigenvalue weighted by atomic mass is 9.79. The highest BCUT2D eigenvalue weighted by molar-refractivity contribution is 6.62. The fourth-order valence-corrected chi connectivity index (χ4v) is 2.79. The molecule has 0 atom stereocenters. The summed E-state index contributed by atoms with van der Waals surface area (Å²) in [6.45, 7) is 8.14. The van der Waals surface area contributed by atoms with Crippen LogP contribution in [0.25, 0.3) is 0 Å². The number of rotatable bonds is 4. The monoisotopic (exact) mass is 362 g/mol. The van der Waals surface area contributed by atoms with Gasteiger partial charge in [-0.1, -0.05) is 23.7 Å². The molecule has 3 nitrogen and oxygen atoms in total. The van der Waals surface area contributed by atoms with Gasteiger partial charge in [0.15, 0.2) is 0 Å². The zero-order chi connectivity index (χ0) is 18.2. The maximum Gasteiger partial charge on any atom is 0.495 e. The molecule has 0 aliphatic carbocycles. The molecule has 6 heteroatoms. The number of hydrogen-bond donors (Lipinski definition) is 0. The third-order valence-corrected chi connectivity index (χ3v) is 4.95. The Morgan fingerprint density at radius 1 is 1.04 bits per heavy atom. The lowest BCUT2D eigenvalue weighted by Crippen LogP contribution is -2.41. The van der Waals surface area contributed by atoms with Gasteiger partial charge in [0.1, 0.15) is 18.2 Å². The second-order valence-corrected chi connectivity index (χ2v) is 7.66. The van der Waals surface area contributed by atoms with Crippen LogP contribution in [0.3, 0.4) is 0 Å². The van der Waals surface area contributed by atoms with Crippen LogP contribution in [0, 0.1) is 5.82 Å². The molecule has 132 valence electrons. The van der Waals surface area contributed by atoms with Gasteiger partial charge in [0.2, 0.25) is 0 Å². The van der Waals surface area contributed by atoms with Crippen molar-refractivity contribution in [3.8, 4) is 5.75 Å². The van der Waals surface area contributed by atoms with Crippen molar-refractivity contribution in [1.29, 1.82) is 0 Å². The Hall–Kier alpha value is -1.56. The molecular weight excluding hydrogens is 341 g/mol. The highest BCUT2D eigenvalue weighted by atomic mass is 35.5. The molecule has 25 heavy (non-hydrogen) atoms. The molecule has 0 amide bonds. The summed E-state index contributed by atoms with van der Waals surface area (Å²) >= 11 is 5.97. The van der Waals surface area contributed by atoms with Crippen LogP contribution in [0.4, 0.5) is 4.39 Å². The van der Waals surface area contributed by atoms with E-state index in [1.807, 2.05) is 45.9 Å². The molecule has 1 saturated heterocycles. The Balaban J connectivity index is 1.77. The molecule has 1 aliphatic rings. The van der Waals surface area contributed by atoms with Crippen LogP contribution >= 0.6 is 11.6 Å². The van der Waals surface area contributed by atoms with Crippen molar-refractivity contribution in [2.75, 3.05) is 0 Å². The summed E-state index contributed by atoms with van der Waals surface area (Å²) in [5, 5.41) is 0.637. The molecule has 3 rings (SSSR count). The van der Waals surface area contributed by atoms with E-state index in [4.69, 9.17) is 25.6 Å². The van der Waals surface area contributed by atoms with Gasteiger partial charge in [0.25, 0.3) is 0 Å². The first kappa shape index (κ1) is 18.2. The minimum atomic E-state index is -0.630. The van der Waals surface area contributed by atoms with E-state index in [9.17, 15) is 4.39 Å². The predicted molar refractivity (Wildman–Crippen MR) is 97.9 cm³/mol. The summed E-state index contributed by atoms with van der Waals surface area (Å²) in [5.74, 6) is 0.0259. The molecule has 0 bridgehead atoms. The van der Waals surface area contributed by atoms with Crippen LogP contribution in [-0.4, -0.2) is 18.3 Å². The van der Waals surface area contributed by atoms with Gasteiger partial charge in [-0.05, 0) is 63.0 Å². The third-order valence-electron chi connectivity index (χ3n) is 4.71. The van der Waals surface area contributed by atoms with Gasteiger partial charge in [-0.25, -0.2) is 4.39 Å². The number of halogens is 2. The quantitative estimate of drug-likeness (QED) is 0.757. The average Bonchev–Trinajstić information content (AvgIpc) is 2.73. The van der Waals surface area contributed by atoms with E-state index in [2.05, 4.69) is 0 Å². The zero-order valence-corrected chi connectivity index (χ0v) is 15.6. The largest absolute Gasteiger partial charge is 0.495 e. The first-order valence-electron chi connectivity index (χ1n) is 8.20. The molecule has 0 unspecified atom stereocenters. The van der Waals surface area contributed by atoms with Crippen LogP contribution in [0.1, 0.15) is 33.3 Å². The molecule has 2 aromatic rings. The summed E-state index contributed by atoms with van der Waals surface area (Å²) in [6, 6.07) is 11.9. The predicted octanol–water partition coefficient (Wildman–Crippen LogP) is 4.36. The minimum absolute atomic E-state index is 0.298. The normalized spacial score (nSPS) is 18.4. The number of hydrogen-bond acceptors (Lipinski definition) is 3. The van der Waals surface area contributed by atoms with E-state index in [0.29, 0.717) is 22.8 Å². The molecule has 0 spiro atoms. The third kappa shape index (κ3) is 4.00. The number of ether oxygens (including phenoxy) is 1. The molecule has 1 fully saturated rings. The summed E-state index contributed by atoms with van der Waals surface area (Å²) in [4.78, 5) is 0. The highest BCUT2D eigenvalue weighted by Gasteiger charge is 2.51. The van der Waals surface area contributed by atoms with Crippen molar-refractivity contribution in [3.05, 3.63) is 58.9 Å². The van der Waals surface area contributed by atoms with Crippen molar-refractivity contribution in [2.45, 2.75) is 45.5 Å². The van der Waals surface area contributed by atoms with E-state index in [1.54, 1.807) is 12.1 Å². The fourth-order valence-electron chi connectivity index (χ4n) is 2.58. The van der Waals surface area contributed by atoms with Gasteiger partial charge >= 0.3 is 7.12 Å². The average molecular weight is 363 g/mol. The summed E-state index contributed by atoms with van der Waals surface area (Å²) in [6.07, 6.45) is 0. The van der Waals surface area contributed by atoms with Crippen LogP contribution in [0.15, 0.2) is 42.5 Å². The van der Waals surface area contributed by atoms with Gasteiger partial charge in [-0.15, -0.1) is 0 Å². The van der Waals surface area contributed by atoms with E-state index < -0.39 is 24.1 Å². The zero-order valence-electron chi connectivity index (χ0n) is 14.8. The van der Waals surface area contributed by atoms with Crippen LogP contribution in [0.2, 0.25) is 5.02 Å². The molecular formula is C19H21BClFO3. The van der Waals surface area contributed by atoms with Crippen LogP contribution in [0.5, 0.6) is 5.75 Å². The minimum Gasteiger partial charge on any atom is -0.489 e. The summed E-state index contributed by atoms with van der Waals surface area (Å²) in [5.41, 5.74) is 0.547. The van der Waals surface area contributed by atoms with Crippen LogP contribution < -0.4 is 10.2 Å². The molecule has 0 aromatic heterocycles. The van der Waals surface area contributed by atoms with Crippen molar-refractivity contribution in [2.24, 2.45) is 0 Å². The van der Waals surface area contributed by atoms with Crippen molar-refractivity contribution in [3.63, 3.8) is 0 Å². The topological polar surface area (TPSA) is 27.7 Å². The van der Waals surface area contributed by atoms with Crippen molar-refractivity contribution >= 4 is 24.2 Å². The van der Waals surface area contributed by atoms with E-state index in [0.717, 1.165) is 5.56 Å². The second kappa shape index (κ2) is 6.63. The van der Waals surface area contributed by atoms with Gasteiger partial charge < -0.3 is 14.0 Å². The summed E-state index contributed by atoms with van der Waals surface area (Å²) < 4.78 is 31.7. The first-order chi connectivity index (χ1) is 11.7. The fraction of sp³-hybridized carbons (Fsp3) is 0.368. The molecule has 1 heterocycles.